The van der Waals surface area contributed by atoms with Gasteiger partial charge in [0.2, 0.25) is 20.0 Å². The SMILES string of the molecule is CS(=O)(=O)N1CCC(Oc2ccc(S(=O)(=O)N3CCCCC(Cc4ccccc4)C3)cc2)CC1. The van der Waals surface area contributed by atoms with Crippen molar-refractivity contribution in [2.45, 2.75) is 49.5 Å². The maximum Gasteiger partial charge on any atom is 0.243 e. The third kappa shape index (κ3) is 6.38. The fraction of sp³-hybridized carbons (Fsp3) is 0.520. The van der Waals surface area contributed by atoms with Gasteiger partial charge in [-0.15, -0.1) is 0 Å². The monoisotopic (exact) mass is 506 g/mol. The highest BCUT2D eigenvalue weighted by molar-refractivity contribution is 7.89. The van der Waals surface area contributed by atoms with Gasteiger partial charge in [0.15, 0.2) is 0 Å². The maximum atomic E-state index is 13.4. The first-order valence-corrected chi connectivity index (χ1v) is 15.3. The molecule has 2 aliphatic heterocycles. The van der Waals surface area contributed by atoms with Crippen molar-refractivity contribution < 1.29 is 21.6 Å². The van der Waals surface area contributed by atoms with E-state index in [4.69, 9.17) is 4.74 Å². The lowest BCUT2D eigenvalue weighted by atomic mass is 9.95. The molecular weight excluding hydrogens is 472 g/mol. The first-order chi connectivity index (χ1) is 16.2. The minimum absolute atomic E-state index is 0.0789. The Morgan fingerprint density at radius 1 is 0.824 bits per heavy atom. The number of ether oxygens (including phenoxy) is 1. The predicted molar refractivity (Wildman–Crippen MR) is 133 cm³/mol. The number of piperidine rings is 1. The molecule has 2 aliphatic rings. The minimum Gasteiger partial charge on any atom is -0.490 e. The molecule has 0 aliphatic carbocycles. The van der Waals surface area contributed by atoms with Gasteiger partial charge in [-0.1, -0.05) is 36.8 Å². The van der Waals surface area contributed by atoms with Gasteiger partial charge in [-0.05, 0) is 67.9 Å². The van der Waals surface area contributed by atoms with Crippen LogP contribution in [-0.4, -0.2) is 64.0 Å². The summed E-state index contributed by atoms with van der Waals surface area (Å²) in [6.07, 6.45) is 6.20. The summed E-state index contributed by atoms with van der Waals surface area (Å²) in [7, 11) is -6.75. The third-order valence-electron chi connectivity index (χ3n) is 6.73. The van der Waals surface area contributed by atoms with Gasteiger partial charge in [0.1, 0.15) is 11.9 Å². The molecule has 0 amide bonds. The lowest BCUT2D eigenvalue weighted by molar-refractivity contribution is 0.135. The van der Waals surface area contributed by atoms with Gasteiger partial charge < -0.3 is 4.74 Å². The summed E-state index contributed by atoms with van der Waals surface area (Å²) >= 11 is 0. The van der Waals surface area contributed by atoms with E-state index in [9.17, 15) is 16.8 Å². The van der Waals surface area contributed by atoms with Crippen molar-refractivity contribution in [2.24, 2.45) is 5.92 Å². The largest absolute Gasteiger partial charge is 0.490 e. The van der Waals surface area contributed by atoms with Crippen LogP contribution in [0.4, 0.5) is 0 Å². The summed E-state index contributed by atoms with van der Waals surface area (Å²) in [6, 6.07) is 16.9. The Hall–Kier alpha value is -1.94. The molecule has 0 N–H and O–H groups in total. The molecule has 2 saturated heterocycles. The number of rotatable bonds is 7. The maximum absolute atomic E-state index is 13.4. The second kappa shape index (κ2) is 10.8. The van der Waals surface area contributed by atoms with E-state index in [1.165, 1.54) is 16.1 Å². The van der Waals surface area contributed by atoms with Crippen LogP contribution in [0.3, 0.4) is 0 Å². The molecule has 0 saturated carbocycles. The van der Waals surface area contributed by atoms with E-state index in [0.717, 1.165) is 25.7 Å². The summed E-state index contributed by atoms with van der Waals surface area (Å²) in [4.78, 5) is 0.284. The van der Waals surface area contributed by atoms with Crippen molar-refractivity contribution >= 4 is 20.0 Å². The molecule has 9 heteroatoms. The van der Waals surface area contributed by atoms with Gasteiger partial charge in [0.05, 0.1) is 11.2 Å². The molecule has 186 valence electrons. The zero-order valence-electron chi connectivity index (χ0n) is 19.7. The molecule has 0 spiro atoms. The van der Waals surface area contributed by atoms with Crippen molar-refractivity contribution in [3.63, 3.8) is 0 Å². The van der Waals surface area contributed by atoms with Crippen molar-refractivity contribution in [2.75, 3.05) is 32.4 Å². The Morgan fingerprint density at radius 2 is 1.50 bits per heavy atom. The van der Waals surface area contributed by atoms with Crippen LogP contribution < -0.4 is 4.74 Å². The zero-order valence-corrected chi connectivity index (χ0v) is 21.3. The van der Waals surface area contributed by atoms with Gasteiger partial charge in [-0.2, -0.15) is 4.31 Å². The zero-order chi connectivity index (χ0) is 24.2. The van der Waals surface area contributed by atoms with Crippen LogP contribution in [0.25, 0.3) is 0 Å². The molecule has 1 unspecified atom stereocenters. The second-order valence-corrected chi connectivity index (χ2v) is 13.3. The van der Waals surface area contributed by atoms with E-state index in [1.54, 1.807) is 28.6 Å². The number of benzene rings is 2. The number of hydrogen-bond acceptors (Lipinski definition) is 5. The molecule has 2 fully saturated rings. The van der Waals surface area contributed by atoms with Gasteiger partial charge in [-0.3, -0.25) is 0 Å². The second-order valence-electron chi connectivity index (χ2n) is 9.37. The van der Waals surface area contributed by atoms with E-state index in [2.05, 4.69) is 12.1 Å². The molecule has 0 bridgehead atoms. The highest BCUT2D eigenvalue weighted by atomic mass is 32.2. The van der Waals surface area contributed by atoms with Gasteiger partial charge in [0, 0.05) is 26.2 Å². The fourth-order valence-corrected chi connectivity index (χ4v) is 7.27. The Labute approximate surface area is 203 Å². The standard InChI is InChI=1S/C25H34N2O5S2/c1-33(28,29)26-17-14-24(15-18-26)32-23-10-12-25(13-11-23)34(30,31)27-16-6-5-9-22(20-27)19-21-7-3-2-4-8-21/h2-4,7-8,10-13,22,24H,5-6,9,14-20H2,1H3. The van der Waals surface area contributed by atoms with Crippen LogP contribution in [0.5, 0.6) is 5.75 Å². The topological polar surface area (TPSA) is 84.0 Å². The van der Waals surface area contributed by atoms with E-state index in [1.807, 2.05) is 18.2 Å². The Kier molecular flexibility index (Phi) is 7.97. The molecule has 0 radical (unpaired) electrons. The van der Waals surface area contributed by atoms with Gasteiger partial charge in [-0.25, -0.2) is 21.1 Å². The average Bonchev–Trinajstić information content (AvgIpc) is 3.06. The first-order valence-electron chi connectivity index (χ1n) is 12.0. The quantitative estimate of drug-likeness (QED) is 0.574. The van der Waals surface area contributed by atoms with Crippen molar-refractivity contribution in [1.82, 2.24) is 8.61 Å². The van der Waals surface area contributed by atoms with Crippen molar-refractivity contribution in [3.8, 4) is 5.75 Å². The summed E-state index contributed by atoms with van der Waals surface area (Å²) in [5.41, 5.74) is 1.25. The van der Waals surface area contributed by atoms with Crippen LogP contribution >= 0.6 is 0 Å². The molecule has 34 heavy (non-hydrogen) atoms. The lowest BCUT2D eigenvalue weighted by Gasteiger charge is -2.30. The molecule has 0 aromatic heterocycles. The van der Waals surface area contributed by atoms with Gasteiger partial charge in [0.25, 0.3) is 0 Å². The van der Waals surface area contributed by atoms with Crippen LogP contribution in [0.2, 0.25) is 0 Å². The van der Waals surface area contributed by atoms with Crippen LogP contribution in [0, 0.1) is 5.92 Å². The van der Waals surface area contributed by atoms with E-state index in [0.29, 0.717) is 50.7 Å². The van der Waals surface area contributed by atoms with Crippen molar-refractivity contribution in [3.05, 3.63) is 60.2 Å². The first kappa shape index (κ1) is 25.2. The molecule has 4 rings (SSSR count). The molecule has 2 aromatic carbocycles. The van der Waals surface area contributed by atoms with Crippen LogP contribution in [0.15, 0.2) is 59.5 Å². The third-order valence-corrected chi connectivity index (χ3v) is 9.92. The highest BCUT2D eigenvalue weighted by Gasteiger charge is 2.30. The van der Waals surface area contributed by atoms with E-state index >= 15 is 0 Å². The highest BCUT2D eigenvalue weighted by Crippen LogP contribution is 2.27. The van der Waals surface area contributed by atoms with Crippen LogP contribution in [-0.2, 0) is 26.5 Å². The fourth-order valence-electron chi connectivity index (χ4n) is 4.84. The Morgan fingerprint density at radius 3 is 2.15 bits per heavy atom. The molecule has 1 atom stereocenters. The summed E-state index contributed by atoms with van der Waals surface area (Å²) in [5, 5.41) is 0. The van der Waals surface area contributed by atoms with E-state index < -0.39 is 20.0 Å². The smallest absolute Gasteiger partial charge is 0.243 e. The summed E-state index contributed by atoms with van der Waals surface area (Å²) in [6.45, 7) is 1.96. The Balaban J connectivity index is 1.38. The van der Waals surface area contributed by atoms with Crippen molar-refractivity contribution in [1.29, 1.82) is 0 Å². The molecule has 2 heterocycles. The molecular formula is C25H34N2O5S2. The number of hydrogen-bond donors (Lipinski definition) is 0. The normalized spacial score (nSPS) is 21.7. The Bertz CT molecular complexity index is 1140. The summed E-state index contributed by atoms with van der Waals surface area (Å²) < 4.78 is 59.2. The lowest BCUT2D eigenvalue weighted by Crippen LogP contribution is -2.41. The van der Waals surface area contributed by atoms with Gasteiger partial charge >= 0.3 is 0 Å². The van der Waals surface area contributed by atoms with E-state index in [-0.39, 0.29) is 11.0 Å². The number of nitrogens with zero attached hydrogens (tertiary/aromatic N) is 2. The predicted octanol–water partition coefficient (Wildman–Crippen LogP) is 3.52. The number of sulfonamides is 2. The van der Waals surface area contributed by atoms with Crippen LogP contribution in [0.1, 0.15) is 37.7 Å². The molecule has 2 aromatic rings. The summed E-state index contributed by atoms with van der Waals surface area (Å²) in [5.74, 6) is 0.912. The molecule has 7 nitrogen and oxygen atoms in total. The minimum atomic E-state index is -3.58. The average molecular weight is 507 g/mol.